The standard InChI is InChI=1S/C108H106S2/c1-5-9-13-17-21-25-53-107(54-26-22-18-14-10-6-2)89-63-67(45-49-73(89)75-51-47-69(65-91(75)107)93-43-33-57-109-93)71-59-85-81-39-29-35-77-79-37-31-41-83-87-61-72(68-46-50-74-76-52-48-70(94-44-34-58-110-94)66-92(76)108(90(74)64-68,55-27-23-19-15-11-7-3)56-28-24-20-16-12-8-4)62-88-84-42-32-38-80-78-36-30-40-82-86(60-71)99(85)105-101(95(77)81)103(97(79)83)106(100(87)88)104(98(80)84)102(105)96(78)82/h29-52,57-66,75-76,91-92H,5-28,53-56H2,1-4H3. The van der Waals surface area contributed by atoms with Gasteiger partial charge in [-0.05, 0) is 270 Å². The van der Waals surface area contributed by atoms with Crippen molar-refractivity contribution in [3.05, 3.63) is 237 Å². The molecule has 0 aliphatic heterocycles. The molecule has 0 amide bonds. The molecule has 0 spiro atoms. The van der Waals surface area contributed by atoms with Crippen molar-refractivity contribution in [2.45, 2.75) is 230 Å². The van der Waals surface area contributed by atoms with E-state index < -0.39 is 0 Å². The minimum absolute atomic E-state index is 0.0589. The lowest BCUT2D eigenvalue weighted by Gasteiger charge is -2.39. The highest BCUT2D eigenvalue weighted by Gasteiger charge is 2.52. The molecule has 2 heteroatoms. The average Bonchev–Trinajstić information content (AvgIpc) is 0.862. The first-order valence-electron chi connectivity index (χ1n) is 43.8. The van der Waals surface area contributed by atoms with E-state index >= 15 is 0 Å². The molecule has 0 fully saturated rings. The molecule has 0 saturated carbocycles. The highest BCUT2D eigenvalue weighted by Crippen LogP contribution is 2.65. The summed E-state index contributed by atoms with van der Waals surface area (Å²) < 4.78 is 0. The van der Waals surface area contributed by atoms with Gasteiger partial charge in [0.2, 0.25) is 0 Å². The Morgan fingerprint density at radius 1 is 0.264 bits per heavy atom. The van der Waals surface area contributed by atoms with Gasteiger partial charge in [0, 0.05) is 32.4 Å². The predicted molar refractivity (Wildman–Crippen MR) is 485 cm³/mol. The fourth-order valence-corrected chi connectivity index (χ4v) is 25.6. The molecule has 2 heterocycles. The van der Waals surface area contributed by atoms with Crippen molar-refractivity contribution in [2.75, 3.05) is 0 Å². The SMILES string of the molecule is CCCCCCCCC1(CCCCCCCC)c2cc(-c3cc4c5cccc6c7cccc8c9cc(-c%10ccc%11c(c%10)C(CCCCCCCC)(CCCCCCCC)C%10C=C(c%12cccs%12)C=CC%11%10)cc%10c%11cccc%12c%13cccc%14c(c3)c4c3c(c65)c(c78)c(c9%10)c(c%12%11)c3c%13%14)ccc2C2C=CC(c3cccs3)=CC21. The van der Waals surface area contributed by atoms with E-state index in [1.807, 2.05) is 22.7 Å². The molecule has 0 radical (unpaired) electrons. The third kappa shape index (κ3) is 10.6. The monoisotopic (exact) mass is 1470 g/mol. The number of hydrogen-bond donors (Lipinski definition) is 0. The molecule has 4 aliphatic rings. The third-order valence-corrected chi connectivity index (χ3v) is 30.9. The minimum Gasteiger partial charge on any atom is -0.144 e. The molecule has 4 aliphatic carbocycles. The van der Waals surface area contributed by atoms with Gasteiger partial charge >= 0.3 is 0 Å². The van der Waals surface area contributed by atoms with Gasteiger partial charge in [0.15, 0.2) is 0 Å². The molecule has 4 unspecified atom stereocenters. The van der Waals surface area contributed by atoms with E-state index in [1.165, 1.54) is 352 Å². The molecule has 0 bridgehead atoms. The van der Waals surface area contributed by atoms with Crippen LogP contribution in [0, 0.1) is 11.8 Å². The minimum atomic E-state index is 0.0589. The highest BCUT2D eigenvalue weighted by molar-refractivity contribution is 7.11. The van der Waals surface area contributed by atoms with Gasteiger partial charge in [0.25, 0.3) is 0 Å². The van der Waals surface area contributed by atoms with Crippen LogP contribution in [0.5, 0.6) is 0 Å². The molecule has 17 aromatic rings. The Morgan fingerprint density at radius 3 is 0.836 bits per heavy atom. The molecule has 15 aromatic carbocycles. The maximum Gasteiger partial charge on any atom is 0.0339 e. The van der Waals surface area contributed by atoms with Crippen LogP contribution in [0.25, 0.3) is 163 Å². The summed E-state index contributed by atoms with van der Waals surface area (Å²) in [4.78, 5) is 2.82. The van der Waals surface area contributed by atoms with Crippen molar-refractivity contribution in [1.82, 2.24) is 0 Å². The summed E-state index contributed by atoms with van der Waals surface area (Å²) in [6.07, 6.45) is 52.6. The summed E-state index contributed by atoms with van der Waals surface area (Å²) in [6, 6.07) is 65.6. The van der Waals surface area contributed by atoms with Crippen molar-refractivity contribution in [3.63, 3.8) is 0 Å². The van der Waals surface area contributed by atoms with E-state index in [4.69, 9.17) is 0 Å². The van der Waals surface area contributed by atoms with Gasteiger partial charge in [-0.3, -0.25) is 0 Å². The fourth-order valence-electron chi connectivity index (χ4n) is 24.1. The van der Waals surface area contributed by atoms with Crippen molar-refractivity contribution in [1.29, 1.82) is 0 Å². The summed E-state index contributed by atoms with van der Waals surface area (Å²) in [7, 11) is 0. The zero-order valence-electron chi connectivity index (χ0n) is 65.6. The average molecular weight is 1470 g/mol. The van der Waals surface area contributed by atoms with Crippen molar-refractivity contribution < 1.29 is 0 Å². The number of thiophene rings is 2. The van der Waals surface area contributed by atoms with Gasteiger partial charge in [-0.25, -0.2) is 0 Å². The van der Waals surface area contributed by atoms with Gasteiger partial charge in [-0.1, -0.05) is 340 Å². The summed E-state index contributed by atoms with van der Waals surface area (Å²) in [5.41, 5.74) is 14.9. The maximum atomic E-state index is 2.78. The normalized spacial score (nSPS) is 18.1. The van der Waals surface area contributed by atoms with Gasteiger partial charge < -0.3 is 0 Å². The second kappa shape index (κ2) is 28.2. The molecule has 550 valence electrons. The van der Waals surface area contributed by atoms with Crippen molar-refractivity contribution >= 4 is 163 Å². The van der Waals surface area contributed by atoms with Crippen LogP contribution in [0.4, 0.5) is 0 Å². The Balaban J connectivity index is 0.775. The van der Waals surface area contributed by atoms with Crippen LogP contribution >= 0.6 is 22.7 Å². The van der Waals surface area contributed by atoms with E-state index in [9.17, 15) is 0 Å². The van der Waals surface area contributed by atoms with Gasteiger partial charge in [0.1, 0.15) is 0 Å². The Labute approximate surface area is 659 Å². The molecular formula is C108H106S2. The van der Waals surface area contributed by atoms with Crippen LogP contribution in [0.2, 0.25) is 0 Å². The molecule has 2 aromatic heterocycles. The Hall–Kier alpha value is -8.66. The van der Waals surface area contributed by atoms with Gasteiger partial charge in [-0.2, -0.15) is 0 Å². The first kappa shape index (κ1) is 69.3. The second-order valence-corrected chi connectivity index (χ2v) is 37.0. The maximum absolute atomic E-state index is 2.78. The molecule has 0 N–H and O–H groups in total. The van der Waals surface area contributed by atoms with E-state index in [0.717, 1.165) is 0 Å². The van der Waals surface area contributed by atoms with Crippen molar-refractivity contribution in [3.8, 4) is 22.3 Å². The lowest BCUT2D eigenvalue weighted by molar-refractivity contribution is 0.264. The summed E-state index contributed by atoms with van der Waals surface area (Å²) in [5, 5.41) is 38.7. The number of unbranched alkanes of at least 4 members (excludes halogenated alkanes) is 20. The zero-order chi connectivity index (χ0) is 73.3. The first-order valence-corrected chi connectivity index (χ1v) is 45.5. The van der Waals surface area contributed by atoms with E-state index in [0.29, 0.717) is 23.7 Å². The van der Waals surface area contributed by atoms with Crippen LogP contribution in [0.15, 0.2) is 205 Å². The van der Waals surface area contributed by atoms with Crippen LogP contribution in [0.3, 0.4) is 0 Å². The number of hydrogen-bond acceptors (Lipinski definition) is 2. The Kier molecular flexibility index (Phi) is 17.8. The van der Waals surface area contributed by atoms with E-state index in [-0.39, 0.29) is 10.8 Å². The topological polar surface area (TPSA) is 0 Å². The Morgan fingerprint density at radius 2 is 0.545 bits per heavy atom. The quantitative estimate of drug-likeness (QED) is 0.0224. The number of allylic oxidation sites excluding steroid dienone is 8. The summed E-state index contributed by atoms with van der Waals surface area (Å²) >= 11 is 3.81. The number of rotatable bonds is 32. The van der Waals surface area contributed by atoms with Crippen LogP contribution in [-0.4, -0.2) is 0 Å². The summed E-state index contributed by atoms with van der Waals surface area (Å²) in [6.45, 7) is 9.44. The number of benzene rings is 15. The van der Waals surface area contributed by atoms with E-state index in [1.54, 1.807) is 22.3 Å². The summed E-state index contributed by atoms with van der Waals surface area (Å²) in [5.74, 6) is 1.64. The van der Waals surface area contributed by atoms with Gasteiger partial charge in [-0.15, -0.1) is 22.7 Å². The smallest absolute Gasteiger partial charge is 0.0339 e. The lowest BCUT2D eigenvalue weighted by Crippen LogP contribution is -2.33. The van der Waals surface area contributed by atoms with Crippen LogP contribution < -0.4 is 0 Å². The second-order valence-electron chi connectivity index (χ2n) is 35.1. The van der Waals surface area contributed by atoms with Crippen LogP contribution in [0.1, 0.15) is 251 Å². The lowest BCUT2D eigenvalue weighted by atomic mass is 9.65. The molecule has 0 nitrogen and oxygen atoms in total. The van der Waals surface area contributed by atoms with Crippen LogP contribution in [-0.2, 0) is 10.8 Å². The number of fused-ring (bicyclic) bond motifs is 12. The zero-order valence-corrected chi connectivity index (χ0v) is 67.2. The highest BCUT2D eigenvalue weighted by atomic mass is 32.1. The molecule has 0 saturated heterocycles. The Bertz CT molecular complexity index is 5740. The van der Waals surface area contributed by atoms with Gasteiger partial charge in [0.05, 0.1) is 0 Å². The third-order valence-electron chi connectivity index (χ3n) is 29.1. The fraction of sp³-hybridized carbons (Fsp3) is 0.352. The predicted octanol–water partition coefficient (Wildman–Crippen LogP) is 33.8. The first-order chi connectivity index (χ1) is 54.4. The molecular weight excluding hydrogens is 1360 g/mol. The molecule has 110 heavy (non-hydrogen) atoms. The van der Waals surface area contributed by atoms with Crippen molar-refractivity contribution in [2.24, 2.45) is 11.8 Å². The largest absolute Gasteiger partial charge is 0.144 e. The van der Waals surface area contributed by atoms with E-state index in [2.05, 4.69) is 233 Å². The molecule has 4 atom stereocenters. The molecule has 21 rings (SSSR count).